The van der Waals surface area contributed by atoms with Gasteiger partial charge in [0, 0.05) is 18.7 Å². The molecule has 1 fully saturated rings. The zero-order chi connectivity index (χ0) is 17.2. The van der Waals surface area contributed by atoms with Crippen LogP contribution in [0.4, 0.5) is 14.5 Å². The lowest BCUT2D eigenvalue weighted by Crippen LogP contribution is -2.34. The molecule has 4 nitrogen and oxygen atoms in total. The van der Waals surface area contributed by atoms with Gasteiger partial charge in [0.05, 0.1) is 17.8 Å². The standard InChI is InChI=1S/C19H17F2N3O/c20-15-5-3-13(4-6-15)17-12-25-19(23-17)14-2-1-9-24(11-14)16-7-8-18(21)22-10-16/h3-8,10,12,14H,1-2,9,11H2. The maximum atomic E-state index is 13.0. The number of benzene rings is 1. The van der Waals surface area contributed by atoms with Gasteiger partial charge in [-0.2, -0.15) is 4.39 Å². The molecule has 1 unspecified atom stereocenters. The summed E-state index contributed by atoms with van der Waals surface area (Å²) in [5, 5.41) is 0. The van der Waals surface area contributed by atoms with Crippen LogP contribution in [0.1, 0.15) is 24.7 Å². The van der Waals surface area contributed by atoms with Gasteiger partial charge in [0.15, 0.2) is 5.89 Å². The fourth-order valence-corrected chi connectivity index (χ4v) is 3.20. The minimum atomic E-state index is -0.478. The Morgan fingerprint density at radius 2 is 1.92 bits per heavy atom. The maximum absolute atomic E-state index is 13.0. The molecule has 0 radical (unpaired) electrons. The molecule has 3 heterocycles. The number of aromatic nitrogens is 2. The van der Waals surface area contributed by atoms with Crippen molar-refractivity contribution in [3.63, 3.8) is 0 Å². The van der Waals surface area contributed by atoms with Crippen molar-refractivity contribution in [3.05, 3.63) is 66.5 Å². The van der Waals surface area contributed by atoms with Gasteiger partial charge < -0.3 is 9.32 Å². The van der Waals surface area contributed by atoms with Crippen molar-refractivity contribution < 1.29 is 13.2 Å². The monoisotopic (exact) mass is 341 g/mol. The third-order valence-corrected chi connectivity index (χ3v) is 4.51. The Morgan fingerprint density at radius 3 is 2.68 bits per heavy atom. The van der Waals surface area contributed by atoms with E-state index in [0.717, 1.165) is 37.2 Å². The van der Waals surface area contributed by atoms with E-state index in [2.05, 4.69) is 14.9 Å². The number of nitrogens with zero attached hydrogens (tertiary/aromatic N) is 3. The molecule has 1 atom stereocenters. The molecule has 0 spiro atoms. The van der Waals surface area contributed by atoms with Crippen LogP contribution in [-0.4, -0.2) is 23.1 Å². The first-order valence-electron chi connectivity index (χ1n) is 8.27. The van der Waals surface area contributed by atoms with E-state index in [1.54, 1.807) is 30.7 Å². The summed E-state index contributed by atoms with van der Waals surface area (Å²) in [4.78, 5) is 10.5. The van der Waals surface area contributed by atoms with E-state index in [9.17, 15) is 8.78 Å². The lowest BCUT2D eigenvalue weighted by molar-refractivity contribution is 0.399. The molecule has 25 heavy (non-hydrogen) atoms. The molecule has 0 saturated carbocycles. The van der Waals surface area contributed by atoms with Gasteiger partial charge in [-0.05, 0) is 49.2 Å². The molecule has 0 bridgehead atoms. The fraction of sp³-hybridized carbons (Fsp3) is 0.263. The van der Waals surface area contributed by atoms with E-state index in [1.807, 2.05) is 0 Å². The second-order valence-corrected chi connectivity index (χ2v) is 6.20. The van der Waals surface area contributed by atoms with E-state index in [0.29, 0.717) is 11.6 Å². The van der Waals surface area contributed by atoms with Gasteiger partial charge in [0.1, 0.15) is 17.8 Å². The molecule has 4 rings (SSSR count). The molecule has 3 aromatic rings. The van der Waals surface area contributed by atoms with Crippen LogP contribution in [0.5, 0.6) is 0 Å². The second kappa shape index (κ2) is 6.63. The number of piperidine rings is 1. The predicted octanol–water partition coefficient (Wildman–Crippen LogP) is 4.40. The molecule has 128 valence electrons. The molecular formula is C19H17F2N3O. The smallest absolute Gasteiger partial charge is 0.212 e. The number of pyridine rings is 1. The average molecular weight is 341 g/mol. The predicted molar refractivity (Wildman–Crippen MR) is 90.3 cm³/mol. The van der Waals surface area contributed by atoms with E-state index < -0.39 is 5.95 Å². The Kier molecular flexibility index (Phi) is 4.17. The molecular weight excluding hydrogens is 324 g/mol. The van der Waals surface area contributed by atoms with Crippen molar-refractivity contribution in [2.24, 2.45) is 0 Å². The van der Waals surface area contributed by atoms with Crippen LogP contribution in [-0.2, 0) is 0 Å². The van der Waals surface area contributed by atoms with Crippen molar-refractivity contribution in [1.29, 1.82) is 0 Å². The highest BCUT2D eigenvalue weighted by molar-refractivity contribution is 5.57. The largest absolute Gasteiger partial charge is 0.448 e. The summed E-state index contributed by atoms with van der Waals surface area (Å²) >= 11 is 0. The minimum Gasteiger partial charge on any atom is -0.448 e. The van der Waals surface area contributed by atoms with Crippen molar-refractivity contribution in [2.45, 2.75) is 18.8 Å². The highest BCUT2D eigenvalue weighted by atomic mass is 19.1. The zero-order valence-corrected chi connectivity index (χ0v) is 13.5. The van der Waals surface area contributed by atoms with Gasteiger partial charge in [-0.25, -0.2) is 14.4 Å². The number of rotatable bonds is 3. The van der Waals surface area contributed by atoms with Crippen molar-refractivity contribution in [3.8, 4) is 11.3 Å². The summed E-state index contributed by atoms with van der Waals surface area (Å²) in [5.41, 5.74) is 2.43. The quantitative estimate of drug-likeness (QED) is 0.662. The summed E-state index contributed by atoms with van der Waals surface area (Å²) in [6.07, 6.45) is 5.14. The van der Waals surface area contributed by atoms with Gasteiger partial charge in [-0.1, -0.05) is 0 Å². The van der Waals surface area contributed by atoms with Crippen molar-refractivity contribution >= 4 is 5.69 Å². The average Bonchev–Trinajstić information content (AvgIpc) is 3.13. The first kappa shape index (κ1) is 15.7. The van der Waals surface area contributed by atoms with Crippen molar-refractivity contribution in [1.82, 2.24) is 9.97 Å². The van der Waals surface area contributed by atoms with E-state index in [4.69, 9.17) is 4.42 Å². The van der Waals surface area contributed by atoms with Gasteiger partial charge in [-0.15, -0.1) is 0 Å². The highest BCUT2D eigenvalue weighted by Crippen LogP contribution is 2.31. The molecule has 6 heteroatoms. The lowest BCUT2D eigenvalue weighted by Gasteiger charge is -2.32. The van der Waals surface area contributed by atoms with Gasteiger partial charge in [0.2, 0.25) is 5.95 Å². The number of halogens is 2. The molecule has 1 aromatic carbocycles. The normalized spacial score (nSPS) is 17.7. The molecule has 1 saturated heterocycles. The van der Waals surface area contributed by atoms with Crippen LogP contribution in [0.25, 0.3) is 11.3 Å². The van der Waals surface area contributed by atoms with Crippen molar-refractivity contribution in [2.75, 3.05) is 18.0 Å². The molecule has 0 amide bonds. The number of hydrogen-bond donors (Lipinski definition) is 0. The first-order chi connectivity index (χ1) is 12.2. The summed E-state index contributed by atoms with van der Waals surface area (Å²) in [7, 11) is 0. The molecule has 1 aliphatic heterocycles. The highest BCUT2D eigenvalue weighted by Gasteiger charge is 2.25. The lowest BCUT2D eigenvalue weighted by atomic mass is 9.97. The second-order valence-electron chi connectivity index (χ2n) is 6.20. The van der Waals surface area contributed by atoms with Crippen LogP contribution in [0.2, 0.25) is 0 Å². The zero-order valence-electron chi connectivity index (χ0n) is 13.5. The Morgan fingerprint density at radius 1 is 1.08 bits per heavy atom. The summed E-state index contributed by atoms with van der Waals surface area (Å²) in [6, 6.07) is 9.31. The van der Waals surface area contributed by atoms with Gasteiger partial charge in [0.25, 0.3) is 0 Å². The van der Waals surface area contributed by atoms with Crippen LogP contribution in [0.3, 0.4) is 0 Å². The molecule has 0 N–H and O–H groups in total. The van der Waals surface area contributed by atoms with Crippen LogP contribution in [0, 0.1) is 11.8 Å². The van der Waals surface area contributed by atoms with Gasteiger partial charge in [-0.3, -0.25) is 0 Å². The van der Waals surface area contributed by atoms with E-state index in [-0.39, 0.29) is 11.7 Å². The Balaban J connectivity index is 1.51. The SMILES string of the molecule is Fc1ccc(-c2coc(C3CCCN(c4ccc(F)nc4)C3)n2)cc1. The molecule has 0 aliphatic carbocycles. The van der Waals surface area contributed by atoms with Crippen LogP contribution >= 0.6 is 0 Å². The van der Waals surface area contributed by atoms with E-state index >= 15 is 0 Å². The maximum Gasteiger partial charge on any atom is 0.212 e. The number of anilines is 1. The topological polar surface area (TPSA) is 42.2 Å². The number of oxazole rings is 1. The fourth-order valence-electron chi connectivity index (χ4n) is 3.20. The first-order valence-corrected chi connectivity index (χ1v) is 8.27. The summed E-state index contributed by atoms with van der Waals surface area (Å²) < 4.78 is 31.7. The molecule has 1 aliphatic rings. The number of hydrogen-bond acceptors (Lipinski definition) is 4. The third kappa shape index (κ3) is 3.38. The van der Waals surface area contributed by atoms with Gasteiger partial charge >= 0.3 is 0 Å². The third-order valence-electron chi connectivity index (χ3n) is 4.51. The Bertz CT molecular complexity index is 846. The summed E-state index contributed by atoms with van der Waals surface area (Å²) in [5.74, 6) is 0.0874. The van der Waals surface area contributed by atoms with Crippen LogP contribution < -0.4 is 4.90 Å². The molecule has 2 aromatic heterocycles. The van der Waals surface area contributed by atoms with E-state index in [1.165, 1.54) is 18.2 Å². The Hall–Kier alpha value is -2.76. The minimum absolute atomic E-state index is 0.160. The van der Waals surface area contributed by atoms with Crippen LogP contribution in [0.15, 0.2) is 53.3 Å². The summed E-state index contributed by atoms with van der Waals surface area (Å²) in [6.45, 7) is 1.64. The Labute approximate surface area is 144 Å².